The Morgan fingerprint density at radius 2 is 2.18 bits per heavy atom. The Hall–Kier alpha value is -1.55. The van der Waals surface area contributed by atoms with Crippen molar-refractivity contribution in [2.75, 3.05) is 6.61 Å². The number of aryl methyl sites for hydroxylation is 1. The summed E-state index contributed by atoms with van der Waals surface area (Å²) in [5, 5.41) is 0. The van der Waals surface area contributed by atoms with Crippen LogP contribution in [0.3, 0.4) is 0 Å². The number of nitrogens with one attached hydrogen (secondary N) is 1. The Morgan fingerprint density at radius 3 is 3.00 bits per heavy atom. The molecule has 4 nitrogen and oxygen atoms in total. The Labute approximate surface area is 101 Å². The van der Waals surface area contributed by atoms with Crippen molar-refractivity contribution in [2.24, 2.45) is 5.84 Å². The van der Waals surface area contributed by atoms with Gasteiger partial charge in [0, 0.05) is 0 Å². The van der Waals surface area contributed by atoms with Gasteiger partial charge in [0.2, 0.25) is 5.91 Å². The van der Waals surface area contributed by atoms with E-state index in [0.29, 0.717) is 13.0 Å². The summed E-state index contributed by atoms with van der Waals surface area (Å²) in [4.78, 5) is 11.0. The molecule has 0 aromatic heterocycles. The van der Waals surface area contributed by atoms with E-state index < -0.39 is 0 Å². The van der Waals surface area contributed by atoms with Gasteiger partial charge in [0.15, 0.2) is 0 Å². The second-order valence-electron chi connectivity index (χ2n) is 4.27. The van der Waals surface area contributed by atoms with Crippen LogP contribution in [-0.4, -0.2) is 12.5 Å². The van der Waals surface area contributed by atoms with Gasteiger partial charge in [0.25, 0.3) is 0 Å². The van der Waals surface area contributed by atoms with E-state index >= 15 is 0 Å². The number of carbonyl (C=O) groups excluding carboxylic acids is 1. The minimum absolute atomic E-state index is 0.199. The molecule has 0 bridgehead atoms. The highest BCUT2D eigenvalue weighted by molar-refractivity contribution is 5.75. The van der Waals surface area contributed by atoms with Crippen LogP contribution in [0.5, 0.6) is 5.75 Å². The van der Waals surface area contributed by atoms with Crippen molar-refractivity contribution in [3.63, 3.8) is 0 Å². The third kappa shape index (κ3) is 2.97. The average molecular weight is 234 g/mol. The van der Waals surface area contributed by atoms with Gasteiger partial charge in [-0.3, -0.25) is 10.2 Å². The lowest BCUT2D eigenvalue weighted by Gasteiger charge is -2.19. The zero-order valence-electron chi connectivity index (χ0n) is 9.87. The zero-order valence-corrected chi connectivity index (χ0v) is 9.87. The lowest BCUT2D eigenvalue weighted by molar-refractivity contribution is -0.121. The molecule has 4 heteroatoms. The highest BCUT2D eigenvalue weighted by atomic mass is 16.5. The molecular weight excluding hydrogens is 216 g/mol. The fraction of sp³-hybridized carbons (Fsp3) is 0.462. The Morgan fingerprint density at radius 1 is 1.35 bits per heavy atom. The molecule has 1 aromatic carbocycles. The maximum Gasteiger partial charge on any atom is 0.237 e. The van der Waals surface area contributed by atoms with Crippen LogP contribution < -0.4 is 16.0 Å². The summed E-state index contributed by atoms with van der Waals surface area (Å²) in [5.41, 5.74) is 4.79. The second kappa shape index (κ2) is 5.68. The molecule has 1 amide bonds. The van der Waals surface area contributed by atoms with Gasteiger partial charge in [0.1, 0.15) is 5.75 Å². The number of hydrazine groups is 1. The smallest absolute Gasteiger partial charge is 0.237 e. The number of hydrogen-bond donors (Lipinski definition) is 2. The van der Waals surface area contributed by atoms with Crippen molar-refractivity contribution in [1.29, 1.82) is 0 Å². The summed E-state index contributed by atoms with van der Waals surface area (Å²) in [6, 6.07) is 6.15. The van der Waals surface area contributed by atoms with Crippen LogP contribution in [0.15, 0.2) is 18.2 Å². The van der Waals surface area contributed by atoms with E-state index in [-0.39, 0.29) is 5.91 Å². The van der Waals surface area contributed by atoms with Crippen LogP contribution in [-0.2, 0) is 17.6 Å². The molecule has 0 aliphatic heterocycles. The van der Waals surface area contributed by atoms with E-state index in [9.17, 15) is 4.79 Å². The van der Waals surface area contributed by atoms with E-state index in [1.54, 1.807) is 0 Å². The minimum atomic E-state index is -0.199. The number of hydrogen-bond acceptors (Lipinski definition) is 3. The lowest BCUT2D eigenvalue weighted by Crippen LogP contribution is -2.31. The van der Waals surface area contributed by atoms with Gasteiger partial charge in [-0.1, -0.05) is 12.1 Å². The number of ether oxygens (including phenoxy) is 1. The molecule has 0 atom stereocenters. The molecule has 0 fully saturated rings. The van der Waals surface area contributed by atoms with E-state index in [2.05, 4.69) is 11.5 Å². The van der Waals surface area contributed by atoms with Gasteiger partial charge in [-0.05, 0) is 42.9 Å². The molecule has 92 valence electrons. The second-order valence-corrected chi connectivity index (χ2v) is 4.27. The molecule has 3 N–H and O–H groups in total. The first-order chi connectivity index (χ1) is 8.31. The normalized spacial score (nSPS) is 13.9. The molecule has 0 saturated heterocycles. The monoisotopic (exact) mass is 234 g/mol. The largest absolute Gasteiger partial charge is 0.493 e. The minimum Gasteiger partial charge on any atom is -0.493 e. The van der Waals surface area contributed by atoms with Gasteiger partial charge in [0.05, 0.1) is 13.0 Å². The van der Waals surface area contributed by atoms with Crippen LogP contribution in [0.25, 0.3) is 0 Å². The van der Waals surface area contributed by atoms with Crippen molar-refractivity contribution < 1.29 is 9.53 Å². The van der Waals surface area contributed by atoms with Crippen molar-refractivity contribution in [1.82, 2.24) is 5.43 Å². The molecule has 0 spiro atoms. The van der Waals surface area contributed by atoms with Crippen molar-refractivity contribution in [3.8, 4) is 5.75 Å². The Balaban J connectivity index is 1.98. The zero-order chi connectivity index (χ0) is 12.1. The first kappa shape index (κ1) is 11.9. The van der Waals surface area contributed by atoms with Crippen LogP contribution in [0.2, 0.25) is 0 Å². The predicted molar refractivity (Wildman–Crippen MR) is 65.5 cm³/mol. The predicted octanol–water partition coefficient (Wildman–Crippen LogP) is 1.32. The number of nitrogens with two attached hydrogens (primary N) is 1. The molecular formula is C13H18N2O2. The van der Waals surface area contributed by atoms with Gasteiger partial charge < -0.3 is 4.74 Å². The van der Waals surface area contributed by atoms with Gasteiger partial charge in [-0.2, -0.15) is 0 Å². The van der Waals surface area contributed by atoms with E-state index in [1.165, 1.54) is 24.0 Å². The molecule has 1 aliphatic rings. The van der Waals surface area contributed by atoms with Gasteiger partial charge in [-0.15, -0.1) is 0 Å². The summed E-state index contributed by atoms with van der Waals surface area (Å²) in [5.74, 6) is 5.73. The highest BCUT2D eigenvalue weighted by Crippen LogP contribution is 2.29. The number of amides is 1. The van der Waals surface area contributed by atoms with Crippen LogP contribution in [0.4, 0.5) is 0 Å². The van der Waals surface area contributed by atoms with Crippen LogP contribution in [0.1, 0.15) is 30.4 Å². The average Bonchev–Trinajstić information content (AvgIpc) is 2.39. The fourth-order valence-electron chi connectivity index (χ4n) is 2.21. The van der Waals surface area contributed by atoms with Gasteiger partial charge in [-0.25, -0.2) is 5.84 Å². The third-order valence-corrected chi connectivity index (χ3v) is 3.10. The molecule has 2 rings (SSSR count). The number of rotatable bonds is 4. The number of benzene rings is 1. The Kier molecular flexibility index (Phi) is 3.98. The molecule has 0 heterocycles. The molecule has 0 radical (unpaired) electrons. The van der Waals surface area contributed by atoms with Crippen molar-refractivity contribution in [2.45, 2.75) is 32.1 Å². The summed E-state index contributed by atoms with van der Waals surface area (Å²) >= 11 is 0. The van der Waals surface area contributed by atoms with E-state index in [1.807, 2.05) is 12.1 Å². The molecule has 1 aromatic rings. The number of fused-ring (bicyclic) bond motifs is 1. The molecule has 17 heavy (non-hydrogen) atoms. The third-order valence-electron chi connectivity index (χ3n) is 3.10. The summed E-state index contributed by atoms with van der Waals surface area (Å²) in [6.45, 7) is 0.374. The quantitative estimate of drug-likeness (QED) is 0.469. The lowest BCUT2D eigenvalue weighted by atomic mass is 9.91. The first-order valence-corrected chi connectivity index (χ1v) is 6.04. The number of carbonyl (C=O) groups is 1. The van der Waals surface area contributed by atoms with E-state index in [4.69, 9.17) is 10.6 Å². The summed E-state index contributed by atoms with van der Waals surface area (Å²) in [7, 11) is 0. The maximum absolute atomic E-state index is 11.0. The van der Waals surface area contributed by atoms with Crippen molar-refractivity contribution >= 4 is 5.91 Å². The molecule has 1 aliphatic carbocycles. The topological polar surface area (TPSA) is 64.3 Å². The maximum atomic E-state index is 11.0. The molecule has 0 saturated carbocycles. The van der Waals surface area contributed by atoms with Crippen LogP contribution in [0, 0.1) is 0 Å². The van der Waals surface area contributed by atoms with E-state index in [0.717, 1.165) is 18.6 Å². The summed E-state index contributed by atoms with van der Waals surface area (Å²) in [6.07, 6.45) is 4.98. The van der Waals surface area contributed by atoms with Gasteiger partial charge >= 0.3 is 0 Å². The SMILES string of the molecule is NNC(=O)CCOc1cccc2c1CCCC2. The fourth-order valence-corrected chi connectivity index (χ4v) is 2.21. The molecule has 0 unspecified atom stereocenters. The summed E-state index contributed by atoms with van der Waals surface area (Å²) < 4.78 is 5.66. The standard InChI is InChI=1S/C13H18N2O2/c14-15-13(16)8-9-17-12-7-3-5-10-4-1-2-6-11(10)12/h3,5,7H,1-2,4,6,8-9,14H2,(H,15,16). The Bertz CT molecular complexity index is 404. The van der Waals surface area contributed by atoms with Crippen molar-refractivity contribution in [3.05, 3.63) is 29.3 Å². The highest BCUT2D eigenvalue weighted by Gasteiger charge is 2.13. The first-order valence-electron chi connectivity index (χ1n) is 6.04. The van der Waals surface area contributed by atoms with Crippen LogP contribution >= 0.6 is 0 Å².